The van der Waals surface area contributed by atoms with Crippen LogP contribution in [0.5, 0.6) is 5.75 Å². The van der Waals surface area contributed by atoms with Gasteiger partial charge in [-0.3, -0.25) is 9.69 Å². The van der Waals surface area contributed by atoms with Gasteiger partial charge in [-0.25, -0.2) is 0 Å². The number of halogens is 2. The molecule has 7 aliphatic rings. The Hall–Kier alpha value is -1.01. The lowest BCUT2D eigenvalue weighted by molar-refractivity contribution is -0.144. The number of benzene rings is 1. The average molecular weight is 535 g/mol. The second kappa shape index (κ2) is 8.76. The molecule has 5 nitrogen and oxygen atoms in total. The molecule has 7 heteroatoms. The summed E-state index contributed by atoms with van der Waals surface area (Å²) in [6.45, 7) is 5.41. The van der Waals surface area contributed by atoms with Crippen molar-refractivity contribution in [2.45, 2.75) is 75.3 Å². The topological polar surface area (TPSA) is 55.8 Å². The van der Waals surface area contributed by atoms with Gasteiger partial charge in [-0.1, -0.05) is 6.07 Å². The number of piperidine rings is 2. The molecule has 1 aromatic carbocycles. The van der Waals surface area contributed by atoms with Crippen LogP contribution in [0.3, 0.4) is 0 Å². The number of phenols is 1. The summed E-state index contributed by atoms with van der Waals surface area (Å²) >= 11 is 0. The zero-order valence-electron chi connectivity index (χ0n) is 21.2. The van der Waals surface area contributed by atoms with Gasteiger partial charge in [0.1, 0.15) is 5.75 Å². The number of nitrogens with zero attached hydrogens (tertiary/aromatic N) is 2. The highest BCUT2D eigenvalue weighted by Crippen LogP contribution is 2.75. The first-order valence-corrected chi connectivity index (χ1v) is 14.2. The second-order valence-corrected chi connectivity index (χ2v) is 13.0. The van der Waals surface area contributed by atoms with Crippen LogP contribution >= 0.6 is 24.8 Å². The van der Waals surface area contributed by atoms with E-state index in [0.717, 1.165) is 44.8 Å². The van der Waals surface area contributed by atoms with Crippen LogP contribution in [-0.4, -0.2) is 65.6 Å². The molecule has 3 aliphatic heterocycles. The lowest BCUT2D eigenvalue weighted by Gasteiger charge is -2.66. The summed E-state index contributed by atoms with van der Waals surface area (Å²) in [5, 5.41) is 14.1. The third kappa shape index (κ3) is 3.18. The van der Waals surface area contributed by atoms with Crippen molar-refractivity contribution in [3.63, 3.8) is 0 Å². The number of hydrogen-bond donors (Lipinski definition) is 2. The van der Waals surface area contributed by atoms with Crippen LogP contribution in [0.2, 0.25) is 0 Å². The number of fused-ring (bicyclic) bond motifs is 1. The molecular weight excluding hydrogens is 493 g/mol. The van der Waals surface area contributed by atoms with Crippen molar-refractivity contribution < 1.29 is 9.90 Å². The maximum Gasteiger partial charge on any atom is 0.227 e. The van der Waals surface area contributed by atoms with Crippen LogP contribution in [0.15, 0.2) is 18.2 Å². The fourth-order valence-electron chi connectivity index (χ4n) is 10.5. The first kappa shape index (κ1) is 25.3. The minimum atomic E-state index is 0. The number of amides is 1. The van der Waals surface area contributed by atoms with Crippen LogP contribution in [0.25, 0.3) is 0 Å². The Kier molecular flexibility index (Phi) is 6.15. The highest BCUT2D eigenvalue weighted by atomic mass is 35.5. The van der Waals surface area contributed by atoms with Crippen LogP contribution in [0, 0.1) is 29.1 Å². The molecule has 0 spiro atoms. The van der Waals surface area contributed by atoms with Crippen molar-refractivity contribution in [1.82, 2.24) is 15.1 Å². The normalized spacial score (nSPS) is 42.1. The van der Waals surface area contributed by atoms with E-state index in [0.29, 0.717) is 41.0 Å². The maximum atomic E-state index is 13.8. The minimum absolute atomic E-state index is 0. The summed E-state index contributed by atoms with van der Waals surface area (Å²) < 4.78 is 0. The Morgan fingerprint density at radius 1 is 1.14 bits per heavy atom. The molecule has 198 valence electrons. The number of phenolic OH excluding ortho intramolecular Hbond substituents is 1. The van der Waals surface area contributed by atoms with Gasteiger partial charge in [0, 0.05) is 37.1 Å². The van der Waals surface area contributed by atoms with E-state index in [9.17, 15) is 9.90 Å². The van der Waals surface area contributed by atoms with Crippen molar-refractivity contribution in [3.05, 3.63) is 29.3 Å². The third-order valence-electron chi connectivity index (χ3n) is 11.7. The first-order chi connectivity index (χ1) is 16.6. The van der Waals surface area contributed by atoms with Gasteiger partial charge in [0.05, 0.1) is 5.92 Å². The van der Waals surface area contributed by atoms with Gasteiger partial charge in [-0.2, -0.15) is 0 Å². The van der Waals surface area contributed by atoms with Gasteiger partial charge >= 0.3 is 0 Å². The van der Waals surface area contributed by atoms with Gasteiger partial charge in [0.2, 0.25) is 5.91 Å². The maximum absolute atomic E-state index is 13.8. The molecule has 8 rings (SSSR count). The number of aromatic hydroxyl groups is 1. The lowest BCUT2D eigenvalue weighted by Crippen LogP contribution is -2.70. The van der Waals surface area contributed by atoms with Gasteiger partial charge in [-0.05, 0) is 117 Å². The molecule has 0 radical (unpaired) electrons. The van der Waals surface area contributed by atoms with Crippen molar-refractivity contribution in [3.8, 4) is 5.75 Å². The highest BCUT2D eigenvalue weighted by molar-refractivity contribution is 5.85. The van der Waals surface area contributed by atoms with E-state index in [-0.39, 0.29) is 36.1 Å². The molecular formula is C29H41Cl2N3O2. The summed E-state index contributed by atoms with van der Waals surface area (Å²) in [6.07, 6.45) is 11.1. The molecule has 0 aromatic heterocycles. The Bertz CT molecular complexity index is 1040. The van der Waals surface area contributed by atoms with E-state index in [4.69, 9.17) is 0 Å². The number of carbonyl (C=O) groups excluding carboxylic acids is 1. The van der Waals surface area contributed by atoms with E-state index in [1.165, 1.54) is 62.7 Å². The third-order valence-corrected chi connectivity index (χ3v) is 11.7. The molecule has 1 aromatic rings. The van der Waals surface area contributed by atoms with E-state index in [1.54, 1.807) is 0 Å². The Labute approximate surface area is 227 Å². The van der Waals surface area contributed by atoms with E-state index < -0.39 is 0 Å². The van der Waals surface area contributed by atoms with Crippen LogP contribution in [0.1, 0.15) is 62.5 Å². The summed E-state index contributed by atoms with van der Waals surface area (Å²) in [5.74, 6) is 3.18. The molecule has 3 saturated carbocycles. The second-order valence-electron chi connectivity index (χ2n) is 13.0. The Morgan fingerprint density at radius 3 is 2.78 bits per heavy atom. The van der Waals surface area contributed by atoms with Crippen LogP contribution < -0.4 is 5.32 Å². The highest BCUT2D eigenvalue weighted by Gasteiger charge is 2.76. The molecule has 3 heterocycles. The molecule has 4 bridgehead atoms. The molecule has 6 fully saturated rings. The van der Waals surface area contributed by atoms with Crippen LogP contribution in [0.4, 0.5) is 0 Å². The summed E-state index contributed by atoms with van der Waals surface area (Å²) in [6, 6.07) is 7.35. The van der Waals surface area contributed by atoms with Crippen molar-refractivity contribution in [1.29, 1.82) is 0 Å². The standard InChI is InChI=1S/C29H39N3O2.2ClH/c33-22-6-5-19-12-25-28-8-7-24-26(21(14-28)17-32(24)27(34)20-2-1-10-30-15-20)29(28,23(19)13-22)9-11-31(25)16-18-3-4-18;;/h5-6,13,18,20-21,24-26,30,33H,1-4,7-12,14-17H2;2*1H/t20-,21-,24?,25?,26?,28?,29?;;/m1../s1. The fraction of sp³-hybridized carbons (Fsp3) is 0.759. The SMILES string of the molecule is Cl.Cl.O=C([C@@H]1CCCNC1)N1C[C@H]2CC34CCC1C2C31CCN(CC2CC2)C4Cc2ccc(O)cc21. The van der Waals surface area contributed by atoms with E-state index in [2.05, 4.69) is 27.2 Å². The summed E-state index contributed by atoms with van der Waals surface area (Å²) in [4.78, 5) is 19.0. The molecule has 3 saturated heterocycles. The zero-order chi connectivity index (χ0) is 22.7. The number of carbonyl (C=O) groups is 1. The molecule has 1 amide bonds. The van der Waals surface area contributed by atoms with Crippen molar-refractivity contribution >= 4 is 30.7 Å². The molecule has 7 atom stereocenters. The van der Waals surface area contributed by atoms with E-state index >= 15 is 0 Å². The fourth-order valence-corrected chi connectivity index (χ4v) is 10.5. The molecule has 2 N–H and O–H groups in total. The predicted molar refractivity (Wildman–Crippen MR) is 145 cm³/mol. The van der Waals surface area contributed by atoms with Gasteiger partial charge in [0.15, 0.2) is 0 Å². The summed E-state index contributed by atoms with van der Waals surface area (Å²) in [7, 11) is 0. The number of likely N-dealkylation sites (tertiary alicyclic amines) is 2. The average Bonchev–Trinajstić information content (AvgIpc) is 3.55. The number of hydrogen-bond acceptors (Lipinski definition) is 4. The smallest absolute Gasteiger partial charge is 0.227 e. The van der Waals surface area contributed by atoms with Crippen molar-refractivity contribution in [2.24, 2.45) is 29.1 Å². The largest absolute Gasteiger partial charge is 0.508 e. The number of nitrogens with one attached hydrogen (secondary N) is 1. The van der Waals surface area contributed by atoms with Crippen molar-refractivity contribution in [2.75, 3.05) is 32.7 Å². The monoisotopic (exact) mass is 533 g/mol. The zero-order valence-corrected chi connectivity index (χ0v) is 22.8. The van der Waals surface area contributed by atoms with Gasteiger partial charge in [-0.15, -0.1) is 24.8 Å². The quantitative estimate of drug-likeness (QED) is 0.612. The predicted octanol–water partition coefficient (Wildman–Crippen LogP) is 4.14. The summed E-state index contributed by atoms with van der Waals surface area (Å²) in [5.41, 5.74) is 3.45. The van der Waals surface area contributed by atoms with Gasteiger partial charge in [0.25, 0.3) is 0 Å². The minimum Gasteiger partial charge on any atom is -0.508 e. The molecule has 5 unspecified atom stereocenters. The van der Waals surface area contributed by atoms with E-state index in [1.807, 2.05) is 6.07 Å². The molecule has 36 heavy (non-hydrogen) atoms. The number of rotatable bonds is 3. The Morgan fingerprint density at radius 2 is 2.00 bits per heavy atom. The van der Waals surface area contributed by atoms with Crippen LogP contribution in [-0.2, 0) is 16.6 Å². The lowest BCUT2D eigenvalue weighted by atomic mass is 9.43. The Balaban J connectivity index is 0.00000120. The molecule has 4 aliphatic carbocycles. The first-order valence-electron chi connectivity index (χ1n) is 14.2. The van der Waals surface area contributed by atoms with Gasteiger partial charge < -0.3 is 15.3 Å².